The normalized spacial score (nSPS) is 13.4. The molecule has 0 unspecified atom stereocenters. The SMILES string of the molecule is COc1ccccc1N1C(=O)C(Cl)=C(Nc2cccc(C(=O)Nc3ccc(C)cc3C)c2)C1=O. The molecule has 0 spiro atoms. The maximum absolute atomic E-state index is 13.1. The lowest BCUT2D eigenvalue weighted by Gasteiger charge is -2.18. The van der Waals surface area contributed by atoms with Crippen LogP contribution in [0.2, 0.25) is 0 Å². The van der Waals surface area contributed by atoms with E-state index in [-0.39, 0.29) is 22.3 Å². The van der Waals surface area contributed by atoms with E-state index >= 15 is 0 Å². The number of benzene rings is 3. The summed E-state index contributed by atoms with van der Waals surface area (Å²) in [4.78, 5) is 39.6. The van der Waals surface area contributed by atoms with Gasteiger partial charge in [0.1, 0.15) is 16.5 Å². The van der Waals surface area contributed by atoms with Crippen LogP contribution in [0.25, 0.3) is 0 Å². The van der Waals surface area contributed by atoms with Crippen LogP contribution in [0.4, 0.5) is 17.1 Å². The third-order valence-electron chi connectivity index (χ3n) is 5.38. The molecule has 0 fully saturated rings. The average Bonchev–Trinajstić information content (AvgIpc) is 3.04. The molecule has 8 heteroatoms. The molecule has 2 N–H and O–H groups in total. The Morgan fingerprint density at radius 1 is 0.941 bits per heavy atom. The number of imide groups is 1. The molecule has 172 valence electrons. The second kappa shape index (κ2) is 9.41. The zero-order chi connectivity index (χ0) is 24.4. The third-order valence-corrected chi connectivity index (χ3v) is 5.73. The van der Waals surface area contributed by atoms with Gasteiger partial charge in [0.05, 0.1) is 12.8 Å². The number of hydrogen-bond donors (Lipinski definition) is 2. The van der Waals surface area contributed by atoms with Crippen molar-refractivity contribution in [1.82, 2.24) is 0 Å². The predicted molar refractivity (Wildman–Crippen MR) is 132 cm³/mol. The number of anilines is 3. The standard InChI is InChI=1S/C26H22ClN3O4/c1-15-11-12-19(16(2)13-15)29-24(31)17-7-6-8-18(14-17)28-23-22(27)25(32)30(26(23)33)20-9-4-5-10-21(20)34-3/h4-14,28H,1-3H3,(H,29,31). The number of amides is 3. The fourth-order valence-corrected chi connectivity index (χ4v) is 3.89. The van der Waals surface area contributed by atoms with Gasteiger partial charge in [-0.15, -0.1) is 0 Å². The van der Waals surface area contributed by atoms with Gasteiger partial charge in [0.2, 0.25) is 0 Å². The number of methoxy groups -OCH3 is 1. The summed E-state index contributed by atoms with van der Waals surface area (Å²) >= 11 is 6.24. The second-order valence-electron chi connectivity index (χ2n) is 7.78. The molecule has 0 saturated carbocycles. The van der Waals surface area contributed by atoms with E-state index in [1.807, 2.05) is 32.0 Å². The quantitative estimate of drug-likeness (QED) is 0.490. The van der Waals surface area contributed by atoms with Crippen LogP contribution in [0, 0.1) is 13.8 Å². The van der Waals surface area contributed by atoms with Crippen LogP contribution in [-0.2, 0) is 9.59 Å². The molecular weight excluding hydrogens is 454 g/mol. The van der Waals surface area contributed by atoms with Crippen molar-refractivity contribution in [2.75, 3.05) is 22.6 Å². The summed E-state index contributed by atoms with van der Waals surface area (Å²) in [5, 5.41) is 5.54. The number of aryl methyl sites for hydroxylation is 2. The molecule has 0 bridgehead atoms. The fraction of sp³-hybridized carbons (Fsp3) is 0.115. The van der Waals surface area contributed by atoms with Crippen LogP contribution < -0.4 is 20.3 Å². The first-order valence-electron chi connectivity index (χ1n) is 10.5. The number of para-hydroxylation sites is 2. The van der Waals surface area contributed by atoms with Gasteiger partial charge in [-0.2, -0.15) is 0 Å². The highest BCUT2D eigenvalue weighted by molar-refractivity contribution is 6.53. The number of halogens is 1. The molecule has 0 radical (unpaired) electrons. The van der Waals surface area contributed by atoms with Crippen LogP contribution in [0.1, 0.15) is 21.5 Å². The van der Waals surface area contributed by atoms with E-state index in [1.165, 1.54) is 7.11 Å². The van der Waals surface area contributed by atoms with E-state index in [2.05, 4.69) is 10.6 Å². The van der Waals surface area contributed by atoms with Gasteiger partial charge in [-0.25, -0.2) is 4.90 Å². The molecule has 0 saturated heterocycles. The highest BCUT2D eigenvalue weighted by atomic mass is 35.5. The van der Waals surface area contributed by atoms with Gasteiger partial charge in [-0.1, -0.05) is 47.5 Å². The maximum Gasteiger partial charge on any atom is 0.283 e. The van der Waals surface area contributed by atoms with Crippen molar-refractivity contribution in [3.05, 3.63) is 94.1 Å². The maximum atomic E-state index is 13.1. The molecule has 0 atom stereocenters. The highest BCUT2D eigenvalue weighted by Crippen LogP contribution is 2.35. The Hall–Kier alpha value is -4.10. The number of ether oxygens (including phenoxy) is 1. The lowest BCUT2D eigenvalue weighted by atomic mass is 10.1. The Balaban J connectivity index is 1.56. The number of rotatable bonds is 6. The van der Waals surface area contributed by atoms with E-state index < -0.39 is 11.8 Å². The highest BCUT2D eigenvalue weighted by Gasteiger charge is 2.40. The lowest BCUT2D eigenvalue weighted by molar-refractivity contribution is -0.120. The zero-order valence-corrected chi connectivity index (χ0v) is 19.6. The summed E-state index contributed by atoms with van der Waals surface area (Å²) in [5.41, 5.74) is 3.78. The topological polar surface area (TPSA) is 87.7 Å². The van der Waals surface area contributed by atoms with E-state index in [9.17, 15) is 14.4 Å². The summed E-state index contributed by atoms with van der Waals surface area (Å²) in [5.74, 6) is -1.23. The van der Waals surface area contributed by atoms with Crippen LogP contribution in [0.15, 0.2) is 77.5 Å². The molecule has 4 rings (SSSR count). The van der Waals surface area contributed by atoms with Gasteiger partial charge >= 0.3 is 0 Å². The minimum Gasteiger partial charge on any atom is -0.495 e. The van der Waals surface area contributed by atoms with E-state index in [0.29, 0.717) is 22.7 Å². The molecule has 1 heterocycles. The van der Waals surface area contributed by atoms with Crippen molar-refractivity contribution < 1.29 is 19.1 Å². The van der Waals surface area contributed by atoms with Gasteiger partial charge in [0.25, 0.3) is 17.7 Å². The van der Waals surface area contributed by atoms with Crippen LogP contribution in [0.5, 0.6) is 5.75 Å². The van der Waals surface area contributed by atoms with Gasteiger partial charge < -0.3 is 15.4 Å². The largest absolute Gasteiger partial charge is 0.495 e. The Bertz CT molecular complexity index is 1350. The molecule has 3 aromatic rings. The van der Waals surface area contributed by atoms with Gasteiger partial charge in [0.15, 0.2) is 0 Å². The first-order valence-corrected chi connectivity index (χ1v) is 10.8. The first kappa shape index (κ1) is 23.1. The van der Waals surface area contributed by atoms with E-state index in [4.69, 9.17) is 16.3 Å². The average molecular weight is 476 g/mol. The monoisotopic (exact) mass is 475 g/mol. The molecule has 0 aromatic heterocycles. The molecule has 1 aliphatic heterocycles. The van der Waals surface area contributed by atoms with Gasteiger partial charge in [0, 0.05) is 16.9 Å². The molecular formula is C26H22ClN3O4. The van der Waals surface area contributed by atoms with Crippen LogP contribution in [-0.4, -0.2) is 24.8 Å². The summed E-state index contributed by atoms with van der Waals surface area (Å²) in [6, 6.07) is 19.0. The fourth-order valence-electron chi connectivity index (χ4n) is 3.68. The number of nitrogens with one attached hydrogen (secondary N) is 2. The van der Waals surface area contributed by atoms with Crippen molar-refractivity contribution in [3.8, 4) is 5.75 Å². The Morgan fingerprint density at radius 2 is 1.71 bits per heavy atom. The van der Waals surface area contributed by atoms with Crippen molar-refractivity contribution >= 4 is 46.4 Å². The molecule has 7 nitrogen and oxygen atoms in total. The minimum absolute atomic E-state index is 0.0792. The molecule has 3 aromatic carbocycles. The third kappa shape index (κ3) is 4.38. The predicted octanol–water partition coefficient (Wildman–Crippen LogP) is 5.00. The minimum atomic E-state index is -0.664. The number of carbonyl (C=O) groups excluding carboxylic acids is 3. The smallest absolute Gasteiger partial charge is 0.283 e. The summed E-state index contributed by atoms with van der Waals surface area (Å²) in [7, 11) is 1.45. The van der Waals surface area contributed by atoms with Crippen LogP contribution in [0.3, 0.4) is 0 Å². The lowest BCUT2D eigenvalue weighted by Crippen LogP contribution is -2.32. The Kier molecular flexibility index (Phi) is 6.38. The molecule has 1 aliphatic rings. The summed E-state index contributed by atoms with van der Waals surface area (Å²) in [6.07, 6.45) is 0. The molecule has 0 aliphatic carbocycles. The first-order chi connectivity index (χ1) is 16.3. The van der Waals surface area contributed by atoms with E-state index in [0.717, 1.165) is 16.0 Å². The van der Waals surface area contributed by atoms with E-state index in [1.54, 1.807) is 48.5 Å². The summed E-state index contributed by atoms with van der Waals surface area (Å²) < 4.78 is 5.28. The summed E-state index contributed by atoms with van der Waals surface area (Å²) in [6.45, 7) is 3.91. The Morgan fingerprint density at radius 3 is 2.44 bits per heavy atom. The second-order valence-corrected chi connectivity index (χ2v) is 8.16. The molecule has 3 amide bonds. The van der Waals surface area contributed by atoms with Crippen LogP contribution >= 0.6 is 11.6 Å². The number of carbonyl (C=O) groups is 3. The van der Waals surface area contributed by atoms with Gasteiger partial charge in [-0.3, -0.25) is 14.4 Å². The van der Waals surface area contributed by atoms with Crippen molar-refractivity contribution in [2.45, 2.75) is 13.8 Å². The van der Waals surface area contributed by atoms with Crippen molar-refractivity contribution in [2.24, 2.45) is 0 Å². The molecule has 34 heavy (non-hydrogen) atoms. The van der Waals surface area contributed by atoms with Gasteiger partial charge in [-0.05, 0) is 55.8 Å². The Labute approximate surface area is 202 Å². The number of nitrogens with zero attached hydrogens (tertiary/aromatic N) is 1. The van der Waals surface area contributed by atoms with Crippen molar-refractivity contribution in [1.29, 1.82) is 0 Å². The number of hydrogen-bond acceptors (Lipinski definition) is 5. The zero-order valence-electron chi connectivity index (χ0n) is 18.8. The van der Waals surface area contributed by atoms with Crippen molar-refractivity contribution in [3.63, 3.8) is 0 Å².